The second kappa shape index (κ2) is 5.33. The van der Waals surface area contributed by atoms with Crippen LogP contribution in [0.4, 0.5) is 0 Å². The van der Waals surface area contributed by atoms with E-state index in [1.807, 2.05) is 28.5 Å². The molecule has 4 nitrogen and oxygen atoms in total. The number of aryl methyl sites for hydroxylation is 1. The maximum Gasteiger partial charge on any atom is 0.134 e. The first-order chi connectivity index (χ1) is 8.24. The molecule has 2 aromatic heterocycles. The van der Waals surface area contributed by atoms with E-state index in [2.05, 4.69) is 12.0 Å². The highest BCUT2D eigenvalue weighted by Crippen LogP contribution is 2.31. The van der Waals surface area contributed by atoms with Gasteiger partial charge in [0.25, 0.3) is 0 Å². The van der Waals surface area contributed by atoms with E-state index in [-0.39, 0.29) is 6.04 Å². The van der Waals surface area contributed by atoms with Crippen molar-refractivity contribution >= 4 is 11.3 Å². The van der Waals surface area contributed by atoms with Crippen LogP contribution in [0, 0.1) is 0 Å². The average molecular weight is 251 g/mol. The van der Waals surface area contributed by atoms with Crippen LogP contribution in [-0.4, -0.2) is 16.9 Å². The lowest BCUT2D eigenvalue weighted by molar-refractivity contribution is 0.409. The molecule has 0 saturated carbocycles. The third-order valence-corrected chi connectivity index (χ3v) is 3.71. The summed E-state index contributed by atoms with van der Waals surface area (Å²) in [5.41, 5.74) is 7.35. The topological polar surface area (TPSA) is 53.1 Å². The molecule has 0 bridgehead atoms. The fourth-order valence-electron chi connectivity index (χ4n) is 1.78. The van der Waals surface area contributed by atoms with Gasteiger partial charge >= 0.3 is 0 Å². The summed E-state index contributed by atoms with van der Waals surface area (Å²) in [5.74, 6) is 0.880. The smallest absolute Gasteiger partial charge is 0.134 e. The first-order valence-electron chi connectivity index (χ1n) is 5.63. The zero-order valence-corrected chi connectivity index (χ0v) is 10.9. The number of hydrogen-bond acceptors (Lipinski definition) is 4. The predicted molar refractivity (Wildman–Crippen MR) is 69.4 cm³/mol. The van der Waals surface area contributed by atoms with Crippen molar-refractivity contribution < 1.29 is 4.74 Å². The SMILES string of the molecule is CCn1cc(CC(N)c2sccc2OC)cn1. The molecular weight excluding hydrogens is 234 g/mol. The van der Waals surface area contributed by atoms with Crippen molar-refractivity contribution in [2.75, 3.05) is 7.11 Å². The number of aromatic nitrogens is 2. The van der Waals surface area contributed by atoms with Gasteiger partial charge in [-0.05, 0) is 30.4 Å². The van der Waals surface area contributed by atoms with Crippen LogP contribution in [0.25, 0.3) is 0 Å². The van der Waals surface area contributed by atoms with Crippen molar-refractivity contribution in [1.29, 1.82) is 0 Å². The lowest BCUT2D eigenvalue weighted by Crippen LogP contribution is -2.12. The Kier molecular flexibility index (Phi) is 3.81. The van der Waals surface area contributed by atoms with E-state index in [4.69, 9.17) is 10.5 Å². The summed E-state index contributed by atoms with van der Waals surface area (Å²) < 4.78 is 7.19. The molecule has 0 saturated heterocycles. The number of methoxy groups -OCH3 is 1. The van der Waals surface area contributed by atoms with Crippen molar-refractivity contribution in [3.05, 3.63) is 34.3 Å². The molecule has 0 radical (unpaired) electrons. The minimum absolute atomic E-state index is 0.0283. The number of thiophene rings is 1. The van der Waals surface area contributed by atoms with E-state index in [9.17, 15) is 0 Å². The molecule has 0 fully saturated rings. The number of hydrogen-bond donors (Lipinski definition) is 1. The third kappa shape index (κ3) is 2.68. The summed E-state index contributed by atoms with van der Waals surface area (Å²) >= 11 is 1.64. The maximum absolute atomic E-state index is 6.19. The second-order valence-corrected chi connectivity index (χ2v) is 4.82. The van der Waals surface area contributed by atoms with Crippen LogP contribution in [0.3, 0.4) is 0 Å². The van der Waals surface area contributed by atoms with Gasteiger partial charge in [0.05, 0.1) is 18.2 Å². The van der Waals surface area contributed by atoms with Gasteiger partial charge in [-0.15, -0.1) is 11.3 Å². The molecule has 92 valence electrons. The van der Waals surface area contributed by atoms with Gasteiger partial charge in [-0.2, -0.15) is 5.10 Å². The summed E-state index contributed by atoms with van der Waals surface area (Å²) in [6.45, 7) is 2.95. The van der Waals surface area contributed by atoms with E-state index >= 15 is 0 Å². The van der Waals surface area contributed by atoms with E-state index in [0.717, 1.165) is 29.2 Å². The molecule has 0 amide bonds. The summed E-state index contributed by atoms with van der Waals surface area (Å²) in [6, 6.07) is 1.93. The van der Waals surface area contributed by atoms with Crippen molar-refractivity contribution in [3.63, 3.8) is 0 Å². The Labute approximate surface area is 105 Å². The van der Waals surface area contributed by atoms with E-state index in [1.54, 1.807) is 18.4 Å². The van der Waals surface area contributed by atoms with E-state index < -0.39 is 0 Å². The fraction of sp³-hybridized carbons (Fsp3) is 0.417. The maximum atomic E-state index is 6.19. The van der Waals surface area contributed by atoms with Crippen LogP contribution in [0.5, 0.6) is 5.75 Å². The number of nitrogens with two attached hydrogens (primary N) is 1. The summed E-state index contributed by atoms with van der Waals surface area (Å²) in [7, 11) is 1.67. The lowest BCUT2D eigenvalue weighted by atomic mass is 10.1. The molecule has 5 heteroatoms. The molecule has 0 aliphatic heterocycles. The molecular formula is C12H17N3OS. The molecule has 17 heavy (non-hydrogen) atoms. The van der Waals surface area contributed by atoms with Crippen LogP contribution in [-0.2, 0) is 13.0 Å². The van der Waals surface area contributed by atoms with Gasteiger partial charge in [-0.25, -0.2) is 0 Å². The first-order valence-corrected chi connectivity index (χ1v) is 6.50. The Morgan fingerprint density at radius 3 is 3.06 bits per heavy atom. The molecule has 0 aliphatic rings. The van der Waals surface area contributed by atoms with E-state index in [0.29, 0.717) is 0 Å². The Balaban J connectivity index is 2.08. The quantitative estimate of drug-likeness (QED) is 0.886. The zero-order chi connectivity index (χ0) is 12.3. The van der Waals surface area contributed by atoms with Crippen molar-refractivity contribution in [2.45, 2.75) is 25.9 Å². The summed E-state index contributed by atoms with van der Waals surface area (Å²) in [5, 5.41) is 6.25. The molecule has 0 aromatic carbocycles. The Morgan fingerprint density at radius 1 is 1.59 bits per heavy atom. The minimum atomic E-state index is -0.0283. The lowest BCUT2D eigenvalue weighted by Gasteiger charge is -2.10. The third-order valence-electron chi connectivity index (χ3n) is 2.68. The van der Waals surface area contributed by atoms with Gasteiger partial charge < -0.3 is 10.5 Å². The van der Waals surface area contributed by atoms with Crippen LogP contribution >= 0.6 is 11.3 Å². The highest BCUT2D eigenvalue weighted by Gasteiger charge is 2.14. The summed E-state index contributed by atoms with van der Waals surface area (Å²) in [6.07, 6.45) is 4.71. The predicted octanol–water partition coefficient (Wildman–Crippen LogP) is 2.22. The van der Waals surface area contributed by atoms with Crippen molar-refractivity contribution in [2.24, 2.45) is 5.73 Å². The molecule has 1 unspecified atom stereocenters. The van der Waals surface area contributed by atoms with Gasteiger partial charge in [0.2, 0.25) is 0 Å². The fourth-order valence-corrected chi connectivity index (χ4v) is 2.64. The molecule has 2 N–H and O–H groups in total. The largest absolute Gasteiger partial charge is 0.496 e. The Hall–Kier alpha value is -1.33. The van der Waals surface area contributed by atoms with Crippen LogP contribution < -0.4 is 10.5 Å². The standard InChI is InChI=1S/C12H17N3OS/c1-3-15-8-9(7-14-15)6-10(13)12-11(16-2)4-5-17-12/h4-5,7-8,10H,3,6,13H2,1-2H3. The normalized spacial score (nSPS) is 12.6. The highest BCUT2D eigenvalue weighted by molar-refractivity contribution is 7.10. The van der Waals surface area contributed by atoms with Crippen molar-refractivity contribution in [1.82, 2.24) is 9.78 Å². The van der Waals surface area contributed by atoms with Gasteiger partial charge in [0.15, 0.2) is 0 Å². The zero-order valence-electron chi connectivity index (χ0n) is 10.1. The molecule has 0 aliphatic carbocycles. The molecule has 2 aromatic rings. The first kappa shape index (κ1) is 12.1. The van der Waals surface area contributed by atoms with Gasteiger partial charge in [0, 0.05) is 18.8 Å². The van der Waals surface area contributed by atoms with Crippen molar-refractivity contribution in [3.8, 4) is 5.75 Å². The number of rotatable bonds is 5. The number of nitrogens with zero attached hydrogens (tertiary/aromatic N) is 2. The van der Waals surface area contributed by atoms with Gasteiger partial charge in [-0.3, -0.25) is 4.68 Å². The Morgan fingerprint density at radius 2 is 2.41 bits per heavy atom. The molecule has 0 spiro atoms. The van der Waals surface area contributed by atoms with Crippen LogP contribution in [0.1, 0.15) is 23.4 Å². The average Bonchev–Trinajstić information content (AvgIpc) is 2.96. The van der Waals surface area contributed by atoms with Gasteiger partial charge in [-0.1, -0.05) is 0 Å². The monoisotopic (exact) mass is 251 g/mol. The molecule has 2 heterocycles. The second-order valence-electron chi connectivity index (χ2n) is 3.87. The Bertz CT molecular complexity index is 478. The molecule has 2 rings (SSSR count). The number of ether oxygens (including phenoxy) is 1. The van der Waals surface area contributed by atoms with Crippen LogP contribution in [0.15, 0.2) is 23.8 Å². The van der Waals surface area contributed by atoms with Crippen LogP contribution in [0.2, 0.25) is 0 Å². The van der Waals surface area contributed by atoms with E-state index in [1.165, 1.54) is 0 Å². The minimum Gasteiger partial charge on any atom is -0.496 e. The molecule has 1 atom stereocenters. The summed E-state index contributed by atoms with van der Waals surface area (Å²) in [4.78, 5) is 1.09. The highest BCUT2D eigenvalue weighted by atomic mass is 32.1. The van der Waals surface area contributed by atoms with Gasteiger partial charge in [0.1, 0.15) is 5.75 Å².